The Kier molecular flexibility index (Phi) is 2.76. The summed E-state index contributed by atoms with van der Waals surface area (Å²) in [5.41, 5.74) is 9.10. The predicted molar refractivity (Wildman–Crippen MR) is 73.8 cm³/mol. The Hall–Kier alpha value is -2.62. The predicted octanol–water partition coefficient (Wildman–Crippen LogP) is 3.47. The Morgan fingerprint density at radius 1 is 1.00 bits per heavy atom. The zero-order valence-electron chi connectivity index (χ0n) is 10.1. The fourth-order valence-corrected chi connectivity index (χ4v) is 1.93. The molecule has 0 aliphatic rings. The van der Waals surface area contributed by atoms with Crippen molar-refractivity contribution in [3.63, 3.8) is 0 Å². The number of nitrogens with one attached hydrogen (secondary N) is 1. The number of aromatic amines is 1. The third-order valence-electron chi connectivity index (χ3n) is 2.89. The summed E-state index contributed by atoms with van der Waals surface area (Å²) < 4.78 is 12.9. The minimum absolute atomic E-state index is 0.251. The monoisotopic (exact) mass is 253 g/mol. The number of anilines is 1. The molecule has 0 atom stereocenters. The van der Waals surface area contributed by atoms with Gasteiger partial charge in [0, 0.05) is 11.3 Å². The van der Waals surface area contributed by atoms with Crippen molar-refractivity contribution >= 4 is 5.69 Å². The van der Waals surface area contributed by atoms with Crippen molar-refractivity contribution in [2.24, 2.45) is 0 Å². The summed E-state index contributed by atoms with van der Waals surface area (Å²) in [4.78, 5) is 7.52. The largest absolute Gasteiger partial charge is 0.399 e. The molecule has 0 saturated carbocycles. The standard InChI is InChI=1S/C15H12FN3/c16-12-6-4-10(5-7-12)14-9-18-15(19-14)11-2-1-3-13(17)8-11/h1-9H,17H2,(H,18,19). The quantitative estimate of drug-likeness (QED) is 0.687. The lowest BCUT2D eigenvalue weighted by Gasteiger charge is -1.99. The number of hydrogen-bond acceptors (Lipinski definition) is 2. The van der Waals surface area contributed by atoms with Crippen LogP contribution in [0.2, 0.25) is 0 Å². The summed E-state index contributed by atoms with van der Waals surface area (Å²) in [5.74, 6) is 0.492. The second-order valence-electron chi connectivity index (χ2n) is 4.28. The number of benzene rings is 2. The maximum Gasteiger partial charge on any atom is 0.137 e. The number of halogens is 1. The van der Waals surface area contributed by atoms with Crippen LogP contribution in [0.25, 0.3) is 22.6 Å². The number of nitrogens with two attached hydrogens (primary N) is 1. The maximum absolute atomic E-state index is 12.9. The minimum atomic E-state index is -0.251. The molecule has 0 aliphatic carbocycles. The summed E-state index contributed by atoms with van der Waals surface area (Å²) in [6.07, 6.45) is 1.73. The van der Waals surface area contributed by atoms with Gasteiger partial charge < -0.3 is 10.7 Å². The molecule has 19 heavy (non-hydrogen) atoms. The summed E-state index contributed by atoms with van der Waals surface area (Å²) in [7, 11) is 0. The molecule has 0 aliphatic heterocycles. The smallest absolute Gasteiger partial charge is 0.137 e. The van der Waals surface area contributed by atoms with Crippen LogP contribution < -0.4 is 5.73 Å². The van der Waals surface area contributed by atoms with E-state index in [1.54, 1.807) is 18.3 Å². The van der Waals surface area contributed by atoms with Crippen molar-refractivity contribution in [1.82, 2.24) is 9.97 Å². The van der Waals surface area contributed by atoms with Crippen LogP contribution in [0.4, 0.5) is 10.1 Å². The summed E-state index contributed by atoms with van der Waals surface area (Å²) in [6, 6.07) is 13.8. The molecule has 3 rings (SSSR count). The van der Waals surface area contributed by atoms with Gasteiger partial charge in [-0.2, -0.15) is 0 Å². The third kappa shape index (κ3) is 2.33. The van der Waals surface area contributed by atoms with E-state index in [1.807, 2.05) is 24.3 Å². The molecular formula is C15H12FN3. The van der Waals surface area contributed by atoms with E-state index >= 15 is 0 Å². The highest BCUT2D eigenvalue weighted by atomic mass is 19.1. The highest BCUT2D eigenvalue weighted by Gasteiger charge is 2.05. The van der Waals surface area contributed by atoms with Crippen molar-refractivity contribution in [2.75, 3.05) is 5.73 Å². The van der Waals surface area contributed by atoms with Crippen LogP contribution in [0, 0.1) is 5.82 Å². The van der Waals surface area contributed by atoms with Crippen molar-refractivity contribution in [2.45, 2.75) is 0 Å². The zero-order chi connectivity index (χ0) is 13.2. The Balaban J connectivity index is 1.97. The number of imidazole rings is 1. The minimum Gasteiger partial charge on any atom is -0.399 e. The van der Waals surface area contributed by atoms with E-state index in [0.717, 1.165) is 22.6 Å². The van der Waals surface area contributed by atoms with E-state index in [-0.39, 0.29) is 5.82 Å². The van der Waals surface area contributed by atoms with Gasteiger partial charge >= 0.3 is 0 Å². The normalized spacial score (nSPS) is 10.6. The molecule has 0 fully saturated rings. The fraction of sp³-hybridized carbons (Fsp3) is 0. The third-order valence-corrected chi connectivity index (χ3v) is 2.89. The van der Waals surface area contributed by atoms with Gasteiger partial charge in [0.2, 0.25) is 0 Å². The average molecular weight is 253 g/mol. The van der Waals surface area contributed by atoms with Gasteiger partial charge in [-0.1, -0.05) is 12.1 Å². The van der Waals surface area contributed by atoms with Crippen molar-refractivity contribution in [3.8, 4) is 22.6 Å². The van der Waals surface area contributed by atoms with Crippen molar-refractivity contribution in [1.29, 1.82) is 0 Å². The van der Waals surface area contributed by atoms with E-state index in [0.29, 0.717) is 5.69 Å². The second kappa shape index (κ2) is 4.57. The van der Waals surface area contributed by atoms with Crippen molar-refractivity contribution in [3.05, 3.63) is 60.5 Å². The van der Waals surface area contributed by atoms with Gasteiger partial charge in [-0.3, -0.25) is 0 Å². The van der Waals surface area contributed by atoms with E-state index in [2.05, 4.69) is 9.97 Å². The van der Waals surface area contributed by atoms with Gasteiger partial charge in [-0.05, 0) is 42.0 Å². The topological polar surface area (TPSA) is 54.7 Å². The maximum atomic E-state index is 12.9. The highest BCUT2D eigenvalue weighted by Crippen LogP contribution is 2.23. The van der Waals surface area contributed by atoms with Crippen LogP contribution in [-0.4, -0.2) is 9.97 Å². The van der Waals surface area contributed by atoms with Crippen LogP contribution in [0.5, 0.6) is 0 Å². The Bertz CT molecular complexity index is 701. The number of hydrogen-bond donors (Lipinski definition) is 2. The first kappa shape index (κ1) is 11.5. The van der Waals surface area contributed by atoms with E-state index in [4.69, 9.17) is 5.73 Å². The lowest BCUT2D eigenvalue weighted by molar-refractivity contribution is 0.628. The van der Waals surface area contributed by atoms with Gasteiger partial charge in [0.25, 0.3) is 0 Å². The fourth-order valence-electron chi connectivity index (χ4n) is 1.93. The molecule has 4 heteroatoms. The Morgan fingerprint density at radius 3 is 2.53 bits per heavy atom. The van der Waals surface area contributed by atoms with Gasteiger partial charge in [-0.25, -0.2) is 9.37 Å². The first-order chi connectivity index (χ1) is 9.22. The lowest BCUT2D eigenvalue weighted by Crippen LogP contribution is -1.86. The molecule has 0 unspecified atom stereocenters. The van der Waals surface area contributed by atoms with E-state index in [1.165, 1.54) is 12.1 Å². The van der Waals surface area contributed by atoms with Crippen LogP contribution in [0.1, 0.15) is 0 Å². The number of rotatable bonds is 2. The molecule has 3 N–H and O–H groups in total. The molecule has 0 amide bonds. The summed E-state index contributed by atoms with van der Waals surface area (Å²) in [6.45, 7) is 0. The van der Waals surface area contributed by atoms with Crippen molar-refractivity contribution < 1.29 is 4.39 Å². The van der Waals surface area contributed by atoms with Crippen LogP contribution in [-0.2, 0) is 0 Å². The Labute approximate surface area is 109 Å². The average Bonchev–Trinajstić information content (AvgIpc) is 2.89. The summed E-state index contributed by atoms with van der Waals surface area (Å²) >= 11 is 0. The highest BCUT2D eigenvalue weighted by molar-refractivity contribution is 5.66. The molecule has 0 radical (unpaired) electrons. The van der Waals surface area contributed by atoms with Crippen LogP contribution in [0.15, 0.2) is 54.7 Å². The molecule has 1 heterocycles. The van der Waals surface area contributed by atoms with Crippen LogP contribution >= 0.6 is 0 Å². The molecule has 0 saturated heterocycles. The zero-order valence-corrected chi connectivity index (χ0v) is 10.1. The molecule has 1 aromatic heterocycles. The van der Waals surface area contributed by atoms with Gasteiger partial charge in [0.05, 0.1) is 11.9 Å². The number of aromatic nitrogens is 2. The number of nitrogen functional groups attached to an aromatic ring is 1. The van der Waals surface area contributed by atoms with E-state index < -0.39 is 0 Å². The molecule has 3 nitrogen and oxygen atoms in total. The molecular weight excluding hydrogens is 241 g/mol. The van der Waals surface area contributed by atoms with Crippen LogP contribution in [0.3, 0.4) is 0 Å². The molecule has 94 valence electrons. The van der Waals surface area contributed by atoms with Gasteiger partial charge in [0.1, 0.15) is 11.6 Å². The molecule has 0 spiro atoms. The summed E-state index contributed by atoms with van der Waals surface area (Å²) in [5, 5.41) is 0. The molecule has 0 bridgehead atoms. The Morgan fingerprint density at radius 2 is 1.79 bits per heavy atom. The number of nitrogens with zero attached hydrogens (tertiary/aromatic N) is 1. The van der Waals surface area contributed by atoms with Gasteiger partial charge in [-0.15, -0.1) is 0 Å². The van der Waals surface area contributed by atoms with E-state index in [9.17, 15) is 4.39 Å². The lowest BCUT2D eigenvalue weighted by atomic mass is 10.1. The second-order valence-corrected chi connectivity index (χ2v) is 4.28. The SMILES string of the molecule is Nc1cccc(-c2ncc(-c3ccc(F)cc3)[nH]2)c1. The molecule has 3 aromatic rings. The number of H-pyrrole nitrogens is 1. The molecule has 2 aromatic carbocycles. The first-order valence-electron chi connectivity index (χ1n) is 5.89. The first-order valence-corrected chi connectivity index (χ1v) is 5.89. The van der Waals surface area contributed by atoms with Gasteiger partial charge in [0.15, 0.2) is 0 Å².